The molecule has 19 heavy (non-hydrogen) atoms. The van der Waals surface area contributed by atoms with Crippen LogP contribution in [-0.2, 0) is 0 Å². The third-order valence-electron chi connectivity index (χ3n) is 3.27. The Bertz CT molecular complexity index is 468. The first-order chi connectivity index (χ1) is 9.11. The van der Waals surface area contributed by atoms with E-state index in [4.69, 9.17) is 23.2 Å². The summed E-state index contributed by atoms with van der Waals surface area (Å²) in [5.41, 5.74) is 0.599. The first-order valence-electron chi connectivity index (χ1n) is 6.25. The second-order valence-electron chi connectivity index (χ2n) is 4.58. The van der Waals surface area contributed by atoms with Gasteiger partial charge in [0.05, 0.1) is 22.7 Å². The topological polar surface area (TPSA) is 52.6 Å². The van der Waals surface area contributed by atoms with E-state index in [2.05, 4.69) is 5.32 Å². The molecule has 2 amide bonds. The zero-order valence-electron chi connectivity index (χ0n) is 10.4. The Morgan fingerprint density at radius 2 is 2.16 bits per heavy atom. The number of rotatable bonds is 2. The SMILES string of the molecule is O=C(Nc1ccc(Cl)c(Cl)c1)N1CCCCC1CO. The smallest absolute Gasteiger partial charge is 0.322 e. The Hall–Kier alpha value is -0.970. The normalized spacial score (nSPS) is 19.3. The van der Waals surface area contributed by atoms with Crippen molar-refractivity contribution in [3.05, 3.63) is 28.2 Å². The number of urea groups is 1. The predicted octanol–water partition coefficient (Wildman–Crippen LogP) is 3.37. The van der Waals surface area contributed by atoms with E-state index in [1.165, 1.54) is 0 Å². The van der Waals surface area contributed by atoms with Crippen LogP contribution in [0.25, 0.3) is 0 Å². The van der Waals surface area contributed by atoms with Crippen molar-refractivity contribution in [3.63, 3.8) is 0 Å². The van der Waals surface area contributed by atoms with E-state index in [1.54, 1.807) is 23.1 Å². The lowest BCUT2D eigenvalue weighted by atomic mass is 10.0. The summed E-state index contributed by atoms with van der Waals surface area (Å²) >= 11 is 11.7. The van der Waals surface area contributed by atoms with Crippen LogP contribution in [0.1, 0.15) is 19.3 Å². The van der Waals surface area contributed by atoms with Crippen LogP contribution < -0.4 is 5.32 Å². The maximum atomic E-state index is 12.2. The van der Waals surface area contributed by atoms with E-state index in [0.29, 0.717) is 22.3 Å². The van der Waals surface area contributed by atoms with Gasteiger partial charge in [0, 0.05) is 12.2 Å². The molecule has 2 rings (SSSR count). The van der Waals surface area contributed by atoms with Crippen LogP contribution >= 0.6 is 23.2 Å². The minimum Gasteiger partial charge on any atom is -0.394 e. The monoisotopic (exact) mass is 302 g/mol. The maximum Gasteiger partial charge on any atom is 0.322 e. The molecule has 0 aromatic heterocycles. The van der Waals surface area contributed by atoms with Gasteiger partial charge >= 0.3 is 6.03 Å². The number of carbonyl (C=O) groups is 1. The van der Waals surface area contributed by atoms with E-state index in [9.17, 15) is 9.90 Å². The molecular formula is C13H16Cl2N2O2. The Morgan fingerprint density at radius 3 is 2.84 bits per heavy atom. The summed E-state index contributed by atoms with van der Waals surface area (Å²) < 4.78 is 0. The van der Waals surface area contributed by atoms with Crippen molar-refractivity contribution in [2.24, 2.45) is 0 Å². The number of benzene rings is 1. The summed E-state index contributed by atoms with van der Waals surface area (Å²) in [6.07, 6.45) is 2.85. The molecule has 1 fully saturated rings. The number of halogens is 2. The van der Waals surface area contributed by atoms with E-state index in [-0.39, 0.29) is 18.7 Å². The maximum absolute atomic E-state index is 12.2. The van der Waals surface area contributed by atoms with Gasteiger partial charge in [0.1, 0.15) is 0 Å². The zero-order valence-corrected chi connectivity index (χ0v) is 11.9. The van der Waals surface area contributed by atoms with Gasteiger partial charge < -0.3 is 15.3 Å². The Morgan fingerprint density at radius 1 is 1.37 bits per heavy atom. The van der Waals surface area contributed by atoms with Crippen LogP contribution in [0.15, 0.2) is 18.2 Å². The standard InChI is InChI=1S/C13H16Cl2N2O2/c14-11-5-4-9(7-12(11)15)16-13(19)17-6-2-1-3-10(17)8-18/h4-5,7,10,18H,1-3,6,8H2,(H,16,19). The van der Waals surface area contributed by atoms with Gasteiger partial charge in [-0.2, -0.15) is 0 Å². The summed E-state index contributed by atoms with van der Waals surface area (Å²) in [5, 5.41) is 12.9. The number of carbonyl (C=O) groups excluding carboxylic acids is 1. The van der Waals surface area contributed by atoms with Crippen molar-refractivity contribution in [1.29, 1.82) is 0 Å². The predicted molar refractivity (Wildman–Crippen MR) is 76.9 cm³/mol. The third kappa shape index (κ3) is 3.53. The number of nitrogens with one attached hydrogen (secondary N) is 1. The van der Waals surface area contributed by atoms with Crippen molar-refractivity contribution in [2.75, 3.05) is 18.5 Å². The van der Waals surface area contributed by atoms with Crippen molar-refractivity contribution in [2.45, 2.75) is 25.3 Å². The lowest BCUT2D eigenvalue weighted by Crippen LogP contribution is -2.47. The molecule has 0 aliphatic carbocycles. The second kappa shape index (κ2) is 6.46. The average molecular weight is 303 g/mol. The molecular weight excluding hydrogens is 287 g/mol. The first-order valence-corrected chi connectivity index (χ1v) is 7.01. The molecule has 6 heteroatoms. The molecule has 1 unspecified atom stereocenters. The van der Waals surface area contributed by atoms with Crippen molar-refractivity contribution < 1.29 is 9.90 Å². The van der Waals surface area contributed by atoms with Crippen LogP contribution in [0.2, 0.25) is 10.0 Å². The number of amides is 2. The highest BCUT2D eigenvalue weighted by atomic mass is 35.5. The van der Waals surface area contributed by atoms with Gasteiger partial charge in [-0.3, -0.25) is 0 Å². The molecule has 0 saturated carbocycles. The van der Waals surface area contributed by atoms with Crippen LogP contribution in [0.4, 0.5) is 10.5 Å². The average Bonchev–Trinajstić information content (AvgIpc) is 2.43. The second-order valence-corrected chi connectivity index (χ2v) is 5.40. The van der Waals surface area contributed by atoms with Crippen LogP contribution in [-0.4, -0.2) is 35.2 Å². The summed E-state index contributed by atoms with van der Waals surface area (Å²) in [6, 6.07) is 4.64. The number of hydrogen-bond acceptors (Lipinski definition) is 2. The molecule has 1 aromatic rings. The minimum atomic E-state index is -0.211. The van der Waals surface area contributed by atoms with E-state index in [0.717, 1.165) is 19.3 Å². The van der Waals surface area contributed by atoms with E-state index < -0.39 is 0 Å². The summed E-state index contributed by atoms with van der Waals surface area (Å²) in [7, 11) is 0. The van der Waals surface area contributed by atoms with E-state index in [1.807, 2.05) is 0 Å². The molecule has 1 aliphatic rings. The fraction of sp³-hybridized carbons (Fsp3) is 0.462. The summed E-state index contributed by atoms with van der Waals surface area (Å²) in [6.45, 7) is 0.660. The fourth-order valence-electron chi connectivity index (χ4n) is 2.23. The van der Waals surface area contributed by atoms with Crippen molar-refractivity contribution >= 4 is 34.9 Å². The lowest BCUT2D eigenvalue weighted by Gasteiger charge is -2.34. The van der Waals surface area contributed by atoms with Gasteiger partial charge in [-0.15, -0.1) is 0 Å². The van der Waals surface area contributed by atoms with Gasteiger partial charge in [0.2, 0.25) is 0 Å². The first kappa shape index (κ1) is 14.4. The number of nitrogens with zero attached hydrogens (tertiary/aromatic N) is 1. The van der Waals surface area contributed by atoms with Gasteiger partial charge in [0.25, 0.3) is 0 Å². The lowest BCUT2D eigenvalue weighted by molar-refractivity contribution is 0.115. The molecule has 104 valence electrons. The highest BCUT2D eigenvalue weighted by Gasteiger charge is 2.26. The number of anilines is 1. The molecule has 1 aliphatic heterocycles. The Balaban J connectivity index is 2.05. The quantitative estimate of drug-likeness (QED) is 0.880. The zero-order chi connectivity index (χ0) is 13.8. The molecule has 0 bridgehead atoms. The summed E-state index contributed by atoms with van der Waals surface area (Å²) in [4.78, 5) is 13.8. The number of aliphatic hydroxyl groups excluding tert-OH is 1. The molecule has 1 heterocycles. The summed E-state index contributed by atoms with van der Waals surface area (Å²) in [5.74, 6) is 0. The number of likely N-dealkylation sites (tertiary alicyclic amines) is 1. The number of aliphatic hydroxyl groups is 1. The minimum absolute atomic E-state index is 0.00516. The fourth-order valence-corrected chi connectivity index (χ4v) is 2.52. The largest absolute Gasteiger partial charge is 0.394 e. The van der Waals surface area contributed by atoms with Gasteiger partial charge in [0.15, 0.2) is 0 Å². The molecule has 0 spiro atoms. The molecule has 0 radical (unpaired) electrons. The van der Waals surface area contributed by atoms with Crippen LogP contribution in [0.5, 0.6) is 0 Å². The van der Waals surface area contributed by atoms with E-state index >= 15 is 0 Å². The molecule has 1 saturated heterocycles. The third-order valence-corrected chi connectivity index (χ3v) is 4.01. The molecule has 1 aromatic carbocycles. The number of piperidine rings is 1. The Kier molecular flexibility index (Phi) is 4.91. The van der Waals surface area contributed by atoms with Crippen molar-refractivity contribution in [3.8, 4) is 0 Å². The highest BCUT2D eigenvalue weighted by Crippen LogP contribution is 2.25. The van der Waals surface area contributed by atoms with Gasteiger partial charge in [-0.05, 0) is 37.5 Å². The van der Waals surface area contributed by atoms with Crippen LogP contribution in [0, 0.1) is 0 Å². The number of hydrogen-bond donors (Lipinski definition) is 2. The van der Waals surface area contributed by atoms with Crippen LogP contribution in [0.3, 0.4) is 0 Å². The molecule has 1 atom stereocenters. The molecule has 4 nitrogen and oxygen atoms in total. The van der Waals surface area contributed by atoms with Gasteiger partial charge in [-0.25, -0.2) is 4.79 Å². The highest BCUT2D eigenvalue weighted by molar-refractivity contribution is 6.42. The molecule has 2 N–H and O–H groups in total. The van der Waals surface area contributed by atoms with Gasteiger partial charge in [-0.1, -0.05) is 23.2 Å². The van der Waals surface area contributed by atoms with Crippen molar-refractivity contribution in [1.82, 2.24) is 4.90 Å². The Labute approximate surface area is 122 Å².